The van der Waals surface area contributed by atoms with Crippen molar-refractivity contribution < 1.29 is 29.0 Å². The molecule has 10 nitrogen and oxygen atoms in total. The Balaban J connectivity index is 4.26. The summed E-state index contributed by atoms with van der Waals surface area (Å²) in [4.78, 5) is 50.3. The molecule has 0 aromatic rings. The molecule has 0 radical (unpaired) electrons. The van der Waals surface area contributed by atoms with Gasteiger partial charge in [0.2, 0.25) is 11.8 Å². The standard InChI is InChI=1S/C26H50N4O6S2/c1-27-17-13-9-5-7-11-15-23(31)28-21(25(33)34)19-37-38-20-22(26(35)36-4)29-24(32)16-12-8-6-10-14-18-30(2)3/h21-22,27H,5-20H2,1-4H3,(H,28,31)(H,29,32)(H,33,34). The van der Waals surface area contributed by atoms with E-state index in [4.69, 9.17) is 4.74 Å². The molecule has 0 saturated heterocycles. The van der Waals surface area contributed by atoms with Crippen molar-refractivity contribution in [3.8, 4) is 0 Å². The number of amides is 2. The first-order valence-corrected chi connectivity index (χ1v) is 16.1. The van der Waals surface area contributed by atoms with Crippen molar-refractivity contribution >= 4 is 45.3 Å². The second-order valence-corrected chi connectivity index (χ2v) is 12.2. The highest BCUT2D eigenvalue weighted by molar-refractivity contribution is 8.76. The SMILES string of the molecule is CNCCCCCCCC(=O)NC(CSSCC(NC(=O)CCCCCCCN(C)C)C(=O)OC)C(=O)O. The summed E-state index contributed by atoms with van der Waals surface area (Å²) in [6.07, 6.45) is 10.7. The van der Waals surface area contributed by atoms with Crippen molar-refractivity contribution in [2.75, 3.05) is 52.8 Å². The van der Waals surface area contributed by atoms with Crippen LogP contribution in [0.3, 0.4) is 0 Å². The number of unbranched alkanes of at least 4 members (excludes halogenated alkanes) is 8. The number of ether oxygens (including phenoxy) is 1. The average Bonchev–Trinajstić information content (AvgIpc) is 2.87. The number of hydrogen-bond acceptors (Lipinski definition) is 9. The molecule has 2 unspecified atom stereocenters. The number of aliphatic carboxylic acids is 1. The topological polar surface area (TPSA) is 137 Å². The van der Waals surface area contributed by atoms with Gasteiger partial charge in [0.25, 0.3) is 0 Å². The van der Waals surface area contributed by atoms with Crippen molar-refractivity contribution in [3.05, 3.63) is 0 Å². The van der Waals surface area contributed by atoms with E-state index in [1.165, 1.54) is 28.7 Å². The molecule has 0 fully saturated rings. The van der Waals surface area contributed by atoms with Gasteiger partial charge in [-0.25, -0.2) is 9.59 Å². The summed E-state index contributed by atoms with van der Waals surface area (Å²) in [6, 6.07) is -1.82. The number of carbonyl (C=O) groups is 4. The van der Waals surface area contributed by atoms with Gasteiger partial charge in [0.15, 0.2) is 0 Å². The van der Waals surface area contributed by atoms with Gasteiger partial charge in [0.1, 0.15) is 12.1 Å². The van der Waals surface area contributed by atoms with Crippen LogP contribution in [0.1, 0.15) is 77.0 Å². The summed E-state index contributed by atoms with van der Waals surface area (Å²) >= 11 is 0. The fourth-order valence-electron chi connectivity index (χ4n) is 3.61. The number of carboxylic acids is 1. The molecule has 0 spiro atoms. The molecule has 0 heterocycles. The number of rotatable bonds is 25. The highest BCUT2D eigenvalue weighted by Gasteiger charge is 2.23. The van der Waals surface area contributed by atoms with E-state index in [0.717, 1.165) is 77.3 Å². The Morgan fingerprint density at radius 1 is 0.763 bits per heavy atom. The molecule has 0 aromatic heterocycles. The fourth-order valence-corrected chi connectivity index (χ4v) is 5.92. The summed E-state index contributed by atoms with van der Waals surface area (Å²) in [5.74, 6) is -1.72. The summed E-state index contributed by atoms with van der Waals surface area (Å²) < 4.78 is 4.81. The highest BCUT2D eigenvalue weighted by Crippen LogP contribution is 2.23. The Hall–Kier alpha value is -1.50. The van der Waals surface area contributed by atoms with Gasteiger partial charge in [-0.15, -0.1) is 0 Å². The summed E-state index contributed by atoms with van der Waals surface area (Å²) in [6.45, 7) is 2.05. The van der Waals surface area contributed by atoms with Crippen molar-refractivity contribution in [1.29, 1.82) is 0 Å². The maximum atomic E-state index is 12.3. The second kappa shape index (κ2) is 24.5. The minimum Gasteiger partial charge on any atom is -0.480 e. The molecular formula is C26H50N4O6S2. The number of hydrogen-bond donors (Lipinski definition) is 4. The zero-order valence-corrected chi connectivity index (χ0v) is 25.4. The lowest BCUT2D eigenvalue weighted by Crippen LogP contribution is -2.43. The lowest BCUT2D eigenvalue weighted by Gasteiger charge is -2.17. The Morgan fingerprint density at radius 3 is 1.74 bits per heavy atom. The molecule has 0 bridgehead atoms. The molecule has 2 amide bonds. The van der Waals surface area contributed by atoms with E-state index in [1.807, 2.05) is 7.05 Å². The maximum Gasteiger partial charge on any atom is 0.329 e. The minimum atomic E-state index is -1.10. The van der Waals surface area contributed by atoms with E-state index in [0.29, 0.717) is 12.8 Å². The average molecular weight is 579 g/mol. The predicted octanol–water partition coefficient (Wildman–Crippen LogP) is 3.06. The Bertz CT molecular complexity index is 670. The molecule has 0 aliphatic rings. The largest absolute Gasteiger partial charge is 0.480 e. The van der Waals surface area contributed by atoms with Gasteiger partial charge in [-0.3, -0.25) is 9.59 Å². The molecular weight excluding hydrogens is 528 g/mol. The van der Waals surface area contributed by atoms with Gasteiger partial charge < -0.3 is 30.7 Å². The lowest BCUT2D eigenvalue weighted by molar-refractivity contribution is -0.144. The van der Waals surface area contributed by atoms with Crippen LogP contribution in [0.15, 0.2) is 0 Å². The Labute approximate surface area is 236 Å². The van der Waals surface area contributed by atoms with Crippen molar-refractivity contribution in [2.45, 2.75) is 89.1 Å². The van der Waals surface area contributed by atoms with Crippen molar-refractivity contribution in [3.63, 3.8) is 0 Å². The van der Waals surface area contributed by atoms with Gasteiger partial charge >= 0.3 is 11.9 Å². The van der Waals surface area contributed by atoms with Crippen LogP contribution < -0.4 is 16.0 Å². The number of carboxylic acid groups (broad SMARTS) is 1. The fraction of sp³-hybridized carbons (Fsp3) is 0.846. The first kappa shape index (κ1) is 36.5. The first-order valence-electron chi connectivity index (χ1n) is 13.6. The number of methoxy groups -OCH3 is 1. The van der Waals surface area contributed by atoms with Gasteiger partial charge in [-0.05, 0) is 59.9 Å². The second-order valence-electron chi connectivity index (χ2n) is 9.61. The molecule has 0 aliphatic carbocycles. The van der Waals surface area contributed by atoms with Gasteiger partial charge in [0.05, 0.1) is 7.11 Å². The zero-order chi connectivity index (χ0) is 28.6. The highest BCUT2D eigenvalue weighted by atomic mass is 33.1. The molecule has 0 aromatic carbocycles. The monoisotopic (exact) mass is 578 g/mol. The van der Waals surface area contributed by atoms with Crippen LogP contribution in [0.5, 0.6) is 0 Å². The van der Waals surface area contributed by atoms with Crippen molar-refractivity contribution in [1.82, 2.24) is 20.9 Å². The van der Waals surface area contributed by atoms with E-state index in [9.17, 15) is 24.3 Å². The van der Waals surface area contributed by atoms with E-state index in [-0.39, 0.29) is 23.3 Å². The van der Waals surface area contributed by atoms with Gasteiger partial charge in [-0.1, -0.05) is 60.1 Å². The Morgan fingerprint density at radius 2 is 1.24 bits per heavy atom. The molecule has 0 rings (SSSR count). The maximum absolute atomic E-state index is 12.3. The first-order chi connectivity index (χ1) is 18.2. The van der Waals surface area contributed by atoms with E-state index in [1.54, 1.807) is 0 Å². The van der Waals surface area contributed by atoms with Gasteiger partial charge in [-0.2, -0.15) is 0 Å². The normalized spacial score (nSPS) is 12.7. The van der Waals surface area contributed by atoms with Crippen LogP contribution in [0.2, 0.25) is 0 Å². The third-order valence-electron chi connectivity index (χ3n) is 5.85. The van der Waals surface area contributed by atoms with Crippen LogP contribution in [0, 0.1) is 0 Å². The van der Waals surface area contributed by atoms with Crippen LogP contribution in [0.25, 0.3) is 0 Å². The van der Waals surface area contributed by atoms with Gasteiger partial charge in [0, 0.05) is 24.3 Å². The third kappa shape index (κ3) is 21.4. The van der Waals surface area contributed by atoms with Crippen LogP contribution in [0.4, 0.5) is 0 Å². The molecule has 12 heteroatoms. The smallest absolute Gasteiger partial charge is 0.329 e. The van der Waals surface area contributed by atoms with Crippen LogP contribution >= 0.6 is 21.6 Å². The molecule has 4 N–H and O–H groups in total. The van der Waals surface area contributed by atoms with E-state index >= 15 is 0 Å². The molecule has 0 aliphatic heterocycles. The molecule has 222 valence electrons. The van der Waals surface area contributed by atoms with Crippen LogP contribution in [-0.4, -0.2) is 98.7 Å². The van der Waals surface area contributed by atoms with E-state index in [2.05, 4.69) is 34.9 Å². The summed E-state index contributed by atoms with van der Waals surface area (Å²) in [7, 11) is 9.81. The Kier molecular flexibility index (Phi) is 23.6. The summed E-state index contributed by atoms with van der Waals surface area (Å²) in [5, 5.41) is 17.9. The minimum absolute atomic E-state index is 0.144. The van der Waals surface area contributed by atoms with E-state index < -0.39 is 24.0 Å². The number of carbonyl (C=O) groups excluding carboxylic acids is 3. The number of nitrogens with one attached hydrogen (secondary N) is 3. The lowest BCUT2D eigenvalue weighted by atomic mass is 10.1. The molecule has 2 atom stereocenters. The quantitative estimate of drug-likeness (QED) is 0.0727. The molecule has 38 heavy (non-hydrogen) atoms. The third-order valence-corrected chi connectivity index (χ3v) is 8.27. The predicted molar refractivity (Wildman–Crippen MR) is 156 cm³/mol. The number of nitrogens with zero attached hydrogens (tertiary/aromatic N) is 1. The zero-order valence-electron chi connectivity index (χ0n) is 23.7. The van der Waals surface area contributed by atoms with Crippen molar-refractivity contribution in [2.24, 2.45) is 0 Å². The number of esters is 1. The van der Waals surface area contributed by atoms with Crippen LogP contribution in [-0.2, 0) is 23.9 Å². The summed E-state index contributed by atoms with van der Waals surface area (Å²) in [5.41, 5.74) is 0. The molecule has 0 saturated carbocycles.